The van der Waals surface area contributed by atoms with E-state index in [-0.39, 0.29) is 6.10 Å². The molecule has 16 heavy (non-hydrogen) atoms. The summed E-state index contributed by atoms with van der Waals surface area (Å²) >= 11 is 1.21. The fourth-order valence-electron chi connectivity index (χ4n) is 1.98. The first-order chi connectivity index (χ1) is 7.79. The zero-order valence-electron chi connectivity index (χ0n) is 9.39. The second-order valence-electron chi connectivity index (χ2n) is 4.04. The predicted molar refractivity (Wildman–Crippen MR) is 62.2 cm³/mol. The lowest BCUT2D eigenvalue weighted by atomic mass is 9.95. The second-order valence-corrected chi connectivity index (χ2v) is 4.83. The molecule has 0 saturated heterocycles. The summed E-state index contributed by atoms with van der Waals surface area (Å²) in [7, 11) is 1.76. The fraction of sp³-hybridized carbons (Fsp3) is 0.800. The van der Waals surface area contributed by atoms with Gasteiger partial charge >= 0.3 is 0 Å². The van der Waals surface area contributed by atoms with Crippen molar-refractivity contribution in [1.29, 1.82) is 0 Å². The zero-order chi connectivity index (χ0) is 11.4. The molecule has 5 nitrogen and oxygen atoms in total. The number of nitrogens with two attached hydrogens (primary N) is 1. The summed E-state index contributed by atoms with van der Waals surface area (Å²) in [4.78, 5) is 0. The van der Waals surface area contributed by atoms with Gasteiger partial charge in [-0.1, -0.05) is 4.49 Å². The topological polar surface area (TPSA) is 70.3 Å². The van der Waals surface area contributed by atoms with Crippen molar-refractivity contribution < 1.29 is 9.47 Å². The maximum Gasteiger partial charge on any atom is 0.133 e. The van der Waals surface area contributed by atoms with Crippen molar-refractivity contribution in [3.63, 3.8) is 0 Å². The van der Waals surface area contributed by atoms with Gasteiger partial charge in [-0.05, 0) is 25.7 Å². The molecule has 1 aliphatic rings. The lowest BCUT2D eigenvalue weighted by molar-refractivity contribution is -0.0370. The maximum atomic E-state index is 5.78. The minimum atomic E-state index is 0.264. The van der Waals surface area contributed by atoms with Crippen LogP contribution < -0.4 is 5.73 Å². The van der Waals surface area contributed by atoms with Crippen LogP contribution in [0.5, 0.6) is 0 Å². The summed E-state index contributed by atoms with van der Waals surface area (Å²) in [6.45, 7) is 0.462. The van der Waals surface area contributed by atoms with E-state index in [2.05, 4.69) is 9.59 Å². The lowest BCUT2D eigenvalue weighted by Gasteiger charge is -2.27. The Bertz CT molecular complexity index is 332. The Kier molecular flexibility index (Phi) is 4.09. The van der Waals surface area contributed by atoms with Crippen molar-refractivity contribution in [3.8, 4) is 0 Å². The Hall–Kier alpha value is -0.720. The normalized spacial score (nSPS) is 25.8. The molecule has 0 radical (unpaired) electrons. The van der Waals surface area contributed by atoms with Gasteiger partial charge in [-0.3, -0.25) is 0 Å². The molecule has 1 aliphatic carbocycles. The standard InChI is InChI=1S/C10H17N3O2S/c1-14-7-3-2-4-8(5-7)15-6-9-10(11)16-13-12-9/h7-8H,2-6,11H2,1H3. The molecule has 1 aromatic heterocycles. The van der Waals surface area contributed by atoms with Crippen LogP contribution in [0.25, 0.3) is 0 Å². The van der Waals surface area contributed by atoms with Crippen LogP contribution in [0.4, 0.5) is 5.00 Å². The fourth-order valence-corrected chi connectivity index (χ4v) is 2.41. The molecule has 6 heteroatoms. The predicted octanol–water partition coefficient (Wildman–Crippen LogP) is 1.59. The minimum absolute atomic E-state index is 0.264. The van der Waals surface area contributed by atoms with Crippen molar-refractivity contribution in [3.05, 3.63) is 5.69 Å². The molecule has 2 N–H and O–H groups in total. The van der Waals surface area contributed by atoms with E-state index in [0.717, 1.165) is 31.4 Å². The van der Waals surface area contributed by atoms with Gasteiger partial charge in [-0.25, -0.2) is 0 Å². The van der Waals surface area contributed by atoms with Crippen LogP contribution >= 0.6 is 11.5 Å². The summed E-state index contributed by atoms with van der Waals surface area (Å²) in [6.07, 6.45) is 4.96. The number of nitrogens with zero attached hydrogens (tertiary/aromatic N) is 2. The third kappa shape index (κ3) is 2.90. The Morgan fingerprint density at radius 3 is 2.94 bits per heavy atom. The summed E-state index contributed by atoms with van der Waals surface area (Å²) < 4.78 is 14.9. The number of ether oxygens (including phenoxy) is 2. The third-order valence-electron chi connectivity index (χ3n) is 2.95. The molecule has 2 atom stereocenters. The zero-order valence-corrected chi connectivity index (χ0v) is 10.2. The molecule has 0 aliphatic heterocycles. The van der Waals surface area contributed by atoms with E-state index in [1.165, 1.54) is 11.5 Å². The Morgan fingerprint density at radius 1 is 1.44 bits per heavy atom. The highest BCUT2D eigenvalue weighted by atomic mass is 32.1. The maximum absolute atomic E-state index is 5.78. The van der Waals surface area contributed by atoms with E-state index in [9.17, 15) is 0 Å². The van der Waals surface area contributed by atoms with Crippen molar-refractivity contribution >= 4 is 16.5 Å². The lowest BCUT2D eigenvalue weighted by Crippen LogP contribution is -2.27. The van der Waals surface area contributed by atoms with E-state index >= 15 is 0 Å². The monoisotopic (exact) mass is 243 g/mol. The van der Waals surface area contributed by atoms with Gasteiger partial charge in [0.15, 0.2) is 0 Å². The molecule has 1 saturated carbocycles. The first kappa shape index (κ1) is 11.8. The Morgan fingerprint density at radius 2 is 2.25 bits per heavy atom. The molecule has 0 spiro atoms. The highest BCUT2D eigenvalue weighted by Gasteiger charge is 2.22. The first-order valence-electron chi connectivity index (χ1n) is 5.50. The number of methoxy groups -OCH3 is 1. The number of rotatable bonds is 4. The summed E-state index contributed by atoms with van der Waals surface area (Å²) in [5.74, 6) is 0. The van der Waals surface area contributed by atoms with Gasteiger partial charge in [0, 0.05) is 18.6 Å². The molecule has 2 unspecified atom stereocenters. The van der Waals surface area contributed by atoms with Crippen molar-refractivity contribution in [2.24, 2.45) is 0 Å². The molecular formula is C10H17N3O2S. The molecule has 1 heterocycles. The van der Waals surface area contributed by atoms with Crippen LogP contribution in [0.2, 0.25) is 0 Å². The van der Waals surface area contributed by atoms with E-state index < -0.39 is 0 Å². The summed E-state index contributed by atoms with van der Waals surface area (Å²) in [6, 6.07) is 0. The van der Waals surface area contributed by atoms with Gasteiger partial charge < -0.3 is 15.2 Å². The third-order valence-corrected chi connectivity index (χ3v) is 3.55. The SMILES string of the molecule is COC1CCCC(OCc2nnsc2N)C1. The van der Waals surface area contributed by atoms with E-state index in [0.29, 0.717) is 17.7 Å². The summed E-state index contributed by atoms with van der Waals surface area (Å²) in [5.41, 5.74) is 6.45. The van der Waals surface area contributed by atoms with Crippen molar-refractivity contribution in [2.45, 2.75) is 44.5 Å². The highest BCUT2D eigenvalue weighted by molar-refractivity contribution is 7.09. The van der Waals surface area contributed by atoms with Gasteiger partial charge in [0.1, 0.15) is 10.7 Å². The number of anilines is 1. The van der Waals surface area contributed by atoms with Gasteiger partial charge in [0.05, 0.1) is 18.8 Å². The molecule has 2 rings (SSSR count). The van der Waals surface area contributed by atoms with Gasteiger partial charge in [0.25, 0.3) is 0 Å². The largest absolute Gasteiger partial charge is 0.388 e. The van der Waals surface area contributed by atoms with Gasteiger partial charge in [-0.2, -0.15) is 0 Å². The molecule has 1 aromatic rings. The van der Waals surface area contributed by atoms with E-state index in [1.807, 2.05) is 0 Å². The Labute approximate surface area is 99.1 Å². The molecule has 0 bridgehead atoms. The minimum Gasteiger partial charge on any atom is -0.388 e. The van der Waals surface area contributed by atoms with Crippen molar-refractivity contribution in [1.82, 2.24) is 9.59 Å². The number of hydrogen-bond acceptors (Lipinski definition) is 6. The average Bonchev–Trinajstić information content (AvgIpc) is 2.72. The van der Waals surface area contributed by atoms with Crippen LogP contribution in [0.1, 0.15) is 31.4 Å². The number of nitrogen functional groups attached to an aromatic ring is 1. The quantitative estimate of drug-likeness (QED) is 0.869. The van der Waals surface area contributed by atoms with Crippen LogP contribution in [0, 0.1) is 0 Å². The molecule has 90 valence electrons. The van der Waals surface area contributed by atoms with Crippen LogP contribution in [0.15, 0.2) is 0 Å². The van der Waals surface area contributed by atoms with Gasteiger partial charge in [0.2, 0.25) is 0 Å². The molecule has 0 amide bonds. The average molecular weight is 243 g/mol. The number of aromatic nitrogens is 2. The van der Waals surface area contributed by atoms with E-state index in [4.69, 9.17) is 15.2 Å². The smallest absolute Gasteiger partial charge is 0.133 e. The highest BCUT2D eigenvalue weighted by Crippen LogP contribution is 2.24. The molecule has 1 fully saturated rings. The van der Waals surface area contributed by atoms with Crippen LogP contribution in [-0.2, 0) is 16.1 Å². The molecular weight excluding hydrogens is 226 g/mol. The summed E-state index contributed by atoms with van der Waals surface area (Å²) in [5, 5.41) is 4.58. The number of hydrogen-bond donors (Lipinski definition) is 1. The molecule has 0 aromatic carbocycles. The van der Waals surface area contributed by atoms with Crippen molar-refractivity contribution in [2.75, 3.05) is 12.8 Å². The first-order valence-corrected chi connectivity index (χ1v) is 6.28. The Balaban J connectivity index is 1.79. The van der Waals surface area contributed by atoms with Gasteiger partial charge in [-0.15, -0.1) is 5.10 Å². The second kappa shape index (κ2) is 5.56. The van der Waals surface area contributed by atoms with Crippen LogP contribution in [-0.4, -0.2) is 28.9 Å². The van der Waals surface area contributed by atoms with E-state index in [1.54, 1.807) is 7.11 Å². The van der Waals surface area contributed by atoms with Crippen LogP contribution in [0.3, 0.4) is 0 Å².